The number of fused-ring (bicyclic) bond motifs is 1. The Kier molecular flexibility index (Phi) is 6.04. The molecule has 2 heterocycles. The van der Waals surface area contributed by atoms with E-state index in [1.165, 1.54) is 0 Å². The molecule has 6 nitrogen and oxygen atoms in total. The largest absolute Gasteiger partial charge is 0.356 e. The van der Waals surface area contributed by atoms with Crippen molar-refractivity contribution in [2.24, 2.45) is 13.0 Å². The molecule has 1 amide bonds. The number of hydrogen-bond donors (Lipinski definition) is 1. The quantitative estimate of drug-likeness (QED) is 0.683. The molecular formula is C23H25ClN4O2. The van der Waals surface area contributed by atoms with E-state index in [0.717, 1.165) is 21.6 Å². The lowest BCUT2D eigenvalue weighted by molar-refractivity contribution is -0.125. The molecule has 0 aliphatic carbocycles. The SMILES string of the molecule is Cn1c(=O)c(N2CCC(C(=O)NCCc3ccccc3Cl)CC2)nc2ccccc21. The number of anilines is 1. The normalized spacial score (nSPS) is 14.8. The fourth-order valence-electron chi connectivity index (χ4n) is 3.99. The summed E-state index contributed by atoms with van der Waals surface area (Å²) >= 11 is 6.17. The summed E-state index contributed by atoms with van der Waals surface area (Å²) in [5.41, 5.74) is 2.55. The number of nitrogens with zero attached hydrogens (tertiary/aromatic N) is 3. The number of halogens is 1. The van der Waals surface area contributed by atoms with Crippen molar-refractivity contribution in [1.29, 1.82) is 0 Å². The van der Waals surface area contributed by atoms with Gasteiger partial charge in [-0.05, 0) is 43.0 Å². The van der Waals surface area contributed by atoms with Gasteiger partial charge in [-0.1, -0.05) is 41.9 Å². The zero-order valence-electron chi connectivity index (χ0n) is 17.0. The molecule has 4 rings (SSSR count). The number of amides is 1. The summed E-state index contributed by atoms with van der Waals surface area (Å²) in [6.07, 6.45) is 2.12. The Hall–Kier alpha value is -2.86. The fourth-order valence-corrected chi connectivity index (χ4v) is 4.22. The molecule has 156 valence electrons. The molecule has 7 heteroatoms. The standard InChI is InChI=1S/C23H25ClN4O2/c1-27-20-9-5-4-8-19(20)26-21(23(27)30)28-14-11-17(12-15-28)22(29)25-13-10-16-6-2-3-7-18(16)24/h2-9,17H,10-15H2,1H3,(H,25,29). The maximum atomic E-state index is 12.8. The van der Waals surface area contributed by atoms with E-state index in [1.807, 2.05) is 53.4 Å². The van der Waals surface area contributed by atoms with Crippen molar-refractivity contribution >= 4 is 34.4 Å². The van der Waals surface area contributed by atoms with E-state index in [2.05, 4.69) is 10.3 Å². The summed E-state index contributed by atoms with van der Waals surface area (Å²) in [7, 11) is 1.77. The average molecular weight is 425 g/mol. The van der Waals surface area contributed by atoms with Gasteiger partial charge in [-0.2, -0.15) is 0 Å². The molecule has 1 N–H and O–H groups in total. The summed E-state index contributed by atoms with van der Waals surface area (Å²) in [4.78, 5) is 31.9. The van der Waals surface area contributed by atoms with Gasteiger partial charge in [-0.15, -0.1) is 0 Å². The zero-order chi connectivity index (χ0) is 21.1. The highest BCUT2D eigenvalue weighted by molar-refractivity contribution is 6.31. The summed E-state index contributed by atoms with van der Waals surface area (Å²) in [5, 5.41) is 3.76. The Labute approximate surface area is 180 Å². The fraction of sp³-hybridized carbons (Fsp3) is 0.348. The highest BCUT2D eigenvalue weighted by atomic mass is 35.5. The van der Waals surface area contributed by atoms with E-state index in [0.29, 0.717) is 44.7 Å². The van der Waals surface area contributed by atoms with Crippen LogP contribution in [-0.2, 0) is 18.3 Å². The first-order valence-electron chi connectivity index (χ1n) is 10.3. The van der Waals surface area contributed by atoms with Crippen molar-refractivity contribution in [3.05, 3.63) is 69.5 Å². The van der Waals surface area contributed by atoms with Gasteiger partial charge < -0.3 is 14.8 Å². The van der Waals surface area contributed by atoms with Crippen LogP contribution in [0.2, 0.25) is 5.02 Å². The third-order valence-electron chi connectivity index (χ3n) is 5.78. The lowest BCUT2D eigenvalue weighted by Crippen LogP contribution is -2.43. The van der Waals surface area contributed by atoms with Crippen LogP contribution in [0.1, 0.15) is 18.4 Å². The molecular weight excluding hydrogens is 400 g/mol. The van der Waals surface area contributed by atoms with Crippen LogP contribution in [0.3, 0.4) is 0 Å². The Balaban J connectivity index is 1.35. The van der Waals surface area contributed by atoms with Crippen molar-refractivity contribution in [1.82, 2.24) is 14.9 Å². The number of carbonyl (C=O) groups excluding carboxylic acids is 1. The van der Waals surface area contributed by atoms with E-state index in [1.54, 1.807) is 11.6 Å². The topological polar surface area (TPSA) is 67.2 Å². The van der Waals surface area contributed by atoms with Crippen molar-refractivity contribution in [2.75, 3.05) is 24.5 Å². The van der Waals surface area contributed by atoms with Gasteiger partial charge in [0.1, 0.15) is 0 Å². The van der Waals surface area contributed by atoms with Crippen LogP contribution >= 0.6 is 11.6 Å². The molecule has 1 aromatic heterocycles. The molecule has 0 radical (unpaired) electrons. The van der Waals surface area contributed by atoms with Gasteiger partial charge in [-0.25, -0.2) is 4.98 Å². The summed E-state index contributed by atoms with van der Waals surface area (Å²) < 4.78 is 1.64. The number of piperidine rings is 1. The van der Waals surface area contributed by atoms with Crippen molar-refractivity contribution < 1.29 is 4.79 Å². The number of carbonyl (C=O) groups is 1. The number of benzene rings is 2. The molecule has 0 bridgehead atoms. The first-order chi connectivity index (χ1) is 14.5. The second-order valence-corrected chi connectivity index (χ2v) is 8.09. The molecule has 1 aliphatic heterocycles. The van der Waals surface area contributed by atoms with Crippen LogP contribution in [0, 0.1) is 5.92 Å². The predicted octanol–water partition coefficient (Wildman–Crippen LogP) is 3.16. The van der Waals surface area contributed by atoms with Crippen LogP contribution < -0.4 is 15.8 Å². The smallest absolute Gasteiger partial charge is 0.293 e. The number of hydrogen-bond acceptors (Lipinski definition) is 4. The van der Waals surface area contributed by atoms with Crippen LogP contribution in [0.15, 0.2) is 53.3 Å². The lowest BCUT2D eigenvalue weighted by Gasteiger charge is -2.32. The maximum Gasteiger partial charge on any atom is 0.293 e. The Bertz CT molecular complexity index is 1120. The molecule has 1 saturated heterocycles. The highest BCUT2D eigenvalue weighted by Gasteiger charge is 2.27. The summed E-state index contributed by atoms with van der Waals surface area (Å²) in [5.74, 6) is 0.492. The van der Waals surface area contributed by atoms with Crippen LogP contribution in [-0.4, -0.2) is 35.1 Å². The molecule has 3 aromatic rings. The van der Waals surface area contributed by atoms with Gasteiger partial charge in [-0.3, -0.25) is 9.59 Å². The van der Waals surface area contributed by atoms with E-state index >= 15 is 0 Å². The number of nitrogens with one attached hydrogen (secondary N) is 1. The van der Waals surface area contributed by atoms with Crippen LogP contribution in [0.4, 0.5) is 5.82 Å². The molecule has 0 saturated carbocycles. The first kappa shape index (κ1) is 20.4. The Morgan fingerprint density at radius 1 is 1.13 bits per heavy atom. The minimum atomic E-state index is -0.101. The maximum absolute atomic E-state index is 12.8. The minimum absolute atomic E-state index is 0.0446. The molecule has 0 atom stereocenters. The Morgan fingerprint density at radius 2 is 1.83 bits per heavy atom. The van der Waals surface area contributed by atoms with Gasteiger partial charge >= 0.3 is 0 Å². The number of aromatic nitrogens is 2. The van der Waals surface area contributed by atoms with Gasteiger partial charge in [0.05, 0.1) is 11.0 Å². The summed E-state index contributed by atoms with van der Waals surface area (Å²) in [6.45, 7) is 1.85. The van der Waals surface area contributed by atoms with Crippen LogP contribution in [0.5, 0.6) is 0 Å². The molecule has 30 heavy (non-hydrogen) atoms. The zero-order valence-corrected chi connectivity index (χ0v) is 17.7. The van der Waals surface area contributed by atoms with Crippen molar-refractivity contribution in [3.8, 4) is 0 Å². The van der Waals surface area contributed by atoms with Crippen molar-refractivity contribution in [3.63, 3.8) is 0 Å². The monoisotopic (exact) mass is 424 g/mol. The van der Waals surface area contributed by atoms with E-state index in [9.17, 15) is 9.59 Å². The third kappa shape index (κ3) is 4.19. The minimum Gasteiger partial charge on any atom is -0.356 e. The Morgan fingerprint density at radius 3 is 2.60 bits per heavy atom. The third-order valence-corrected chi connectivity index (χ3v) is 6.15. The molecule has 0 spiro atoms. The predicted molar refractivity (Wildman–Crippen MR) is 120 cm³/mol. The van der Waals surface area contributed by atoms with Gasteiger partial charge in [0.25, 0.3) is 5.56 Å². The van der Waals surface area contributed by atoms with E-state index in [4.69, 9.17) is 11.6 Å². The lowest BCUT2D eigenvalue weighted by atomic mass is 9.96. The average Bonchev–Trinajstić information content (AvgIpc) is 2.77. The second kappa shape index (κ2) is 8.88. The van der Waals surface area contributed by atoms with E-state index in [-0.39, 0.29) is 17.4 Å². The molecule has 2 aromatic carbocycles. The number of para-hydroxylation sites is 2. The molecule has 0 unspecified atom stereocenters. The first-order valence-corrected chi connectivity index (χ1v) is 10.6. The van der Waals surface area contributed by atoms with Gasteiger partial charge in [0, 0.05) is 37.6 Å². The number of aryl methyl sites for hydroxylation is 1. The van der Waals surface area contributed by atoms with Gasteiger partial charge in [0.2, 0.25) is 5.91 Å². The molecule has 1 fully saturated rings. The highest BCUT2D eigenvalue weighted by Crippen LogP contribution is 2.22. The summed E-state index contributed by atoms with van der Waals surface area (Å²) in [6, 6.07) is 15.3. The van der Waals surface area contributed by atoms with Crippen molar-refractivity contribution in [2.45, 2.75) is 19.3 Å². The van der Waals surface area contributed by atoms with Crippen LogP contribution in [0.25, 0.3) is 11.0 Å². The van der Waals surface area contributed by atoms with Gasteiger partial charge in [0.15, 0.2) is 5.82 Å². The number of rotatable bonds is 5. The second-order valence-electron chi connectivity index (χ2n) is 7.68. The molecule has 1 aliphatic rings. The van der Waals surface area contributed by atoms with E-state index < -0.39 is 0 Å².